The average molecular weight is 498 g/mol. The molecule has 2 aliphatic rings. The highest BCUT2D eigenvalue weighted by Gasteiger charge is 2.39. The molecule has 6 nitrogen and oxygen atoms in total. The van der Waals surface area contributed by atoms with Gasteiger partial charge in [0, 0.05) is 36.0 Å². The van der Waals surface area contributed by atoms with E-state index < -0.39 is 10.0 Å². The third-order valence-electron chi connectivity index (χ3n) is 6.44. The van der Waals surface area contributed by atoms with Crippen molar-refractivity contribution in [1.82, 2.24) is 13.8 Å². The molecule has 1 amide bonds. The summed E-state index contributed by atoms with van der Waals surface area (Å²) in [6.07, 6.45) is 8.31. The Balaban J connectivity index is 1.63. The van der Waals surface area contributed by atoms with Crippen LogP contribution in [0, 0.1) is 0 Å². The molecule has 32 heavy (non-hydrogen) atoms. The number of carbonyl (C=O) groups is 1. The van der Waals surface area contributed by atoms with Gasteiger partial charge in [0.2, 0.25) is 15.9 Å². The van der Waals surface area contributed by atoms with Gasteiger partial charge in [-0.25, -0.2) is 8.42 Å². The van der Waals surface area contributed by atoms with Gasteiger partial charge in [-0.1, -0.05) is 42.5 Å². The maximum Gasteiger partial charge on any atom is 0.245 e. The minimum absolute atomic E-state index is 0.0366. The highest BCUT2D eigenvalue weighted by molar-refractivity contribution is 7.89. The molecule has 1 aromatic heterocycles. The van der Waals surface area contributed by atoms with Crippen LogP contribution >= 0.6 is 23.2 Å². The van der Waals surface area contributed by atoms with Gasteiger partial charge in [0.1, 0.15) is 4.90 Å². The SMILES string of the molecule is Cn1cccc1CN(C(=O)CN(C1CCCCC1)S(=O)(=O)c1cc(Cl)ccc1Cl)C1CC1. The van der Waals surface area contributed by atoms with Crippen molar-refractivity contribution < 1.29 is 13.2 Å². The number of carbonyl (C=O) groups excluding carboxylic acids is 1. The fraction of sp³-hybridized carbons (Fsp3) is 0.522. The number of aromatic nitrogens is 1. The number of aryl methyl sites for hydroxylation is 1. The Morgan fingerprint density at radius 1 is 1.06 bits per heavy atom. The number of halogens is 2. The zero-order chi connectivity index (χ0) is 22.9. The van der Waals surface area contributed by atoms with E-state index in [0.717, 1.165) is 50.6 Å². The molecule has 4 rings (SSSR count). The fourth-order valence-electron chi connectivity index (χ4n) is 4.45. The van der Waals surface area contributed by atoms with Crippen molar-refractivity contribution in [2.24, 2.45) is 7.05 Å². The lowest BCUT2D eigenvalue weighted by Crippen LogP contribution is -2.48. The molecule has 1 aromatic carbocycles. The zero-order valence-corrected chi connectivity index (χ0v) is 20.5. The predicted octanol–water partition coefficient (Wildman–Crippen LogP) is 4.85. The Hall–Kier alpha value is -1.54. The van der Waals surface area contributed by atoms with Crippen molar-refractivity contribution in [2.75, 3.05) is 6.54 Å². The molecule has 0 unspecified atom stereocenters. The molecule has 0 bridgehead atoms. The van der Waals surface area contributed by atoms with Gasteiger partial charge in [-0.05, 0) is 56.0 Å². The van der Waals surface area contributed by atoms with Crippen LogP contribution in [0.1, 0.15) is 50.6 Å². The largest absolute Gasteiger partial charge is 0.353 e. The Labute approximate surface area is 200 Å². The first kappa shape index (κ1) is 23.6. The second-order valence-corrected chi connectivity index (χ2v) is 11.5. The summed E-state index contributed by atoms with van der Waals surface area (Å²) in [5, 5.41) is 0.414. The van der Waals surface area contributed by atoms with Crippen LogP contribution in [0.3, 0.4) is 0 Å². The first-order chi connectivity index (χ1) is 15.3. The monoisotopic (exact) mass is 497 g/mol. The average Bonchev–Trinajstić information content (AvgIpc) is 3.53. The number of sulfonamides is 1. The van der Waals surface area contributed by atoms with E-state index in [4.69, 9.17) is 23.2 Å². The minimum Gasteiger partial charge on any atom is -0.353 e. The van der Waals surface area contributed by atoms with Gasteiger partial charge in [-0.2, -0.15) is 4.31 Å². The Kier molecular flexibility index (Phi) is 7.20. The zero-order valence-electron chi connectivity index (χ0n) is 18.2. The molecule has 1 heterocycles. The molecule has 2 saturated carbocycles. The van der Waals surface area contributed by atoms with E-state index in [1.807, 2.05) is 34.8 Å². The summed E-state index contributed by atoms with van der Waals surface area (Å²) in [4.78, 5) is 15.3. The first-order valence-electron chi connectivity index (χ1n) is 11.1. The summed E-state index contributed by atoms with van der Waals surface area (Å²) in [5.74, 6) is -0.166. The maximum atomic E-state index is 13.7. The van der Waals surface area contributed by atoms with Crippen molar-refractivity contribution in [3.63, 3.8) is 0 Å². The summed E-state index contributed by atoms with van der Waals surface area (Å²) in [5.41, 5.74) is 1.02. The number of benzene rings is 1. The lowest BCUT2D eigenvalue weighted by atomic mass is 9.95. The van der Waals surface area contributed by atoms with E-state index in [0.29, 0.717) is 11.6 Å². The molecule has 0 aliphatic heterocycles. The molecule has 0 spiro atoms. The molecule has 2 aromatic rings. The highest BCUT2D eigenvalue weighted by atomic mass is 35.5. The lowest BCUT2D eigenvalue weighted by molar-refractivity contribution is -0.133. The summed E-state index contributed by atoms with van der Waals surface area (Å²) in [7, 11) is -2.04. The van der Waals surface area contributed by atoms with Crippen LogP contribution in [-0.4, -0.2) is 46.7 Å². The van der Waals surface area contributed by atoms with Gasteiger partial charge in [0.15, 0.2) is 0 Å². The Morgan fingerprint density at radius 2 is 1.78 bits per heavy atom. The van der Waals surface area contributed by atoms with Crippen LogP contribution in [0.4, 0.5) is 0 Å². The van der Waals surface area contributed by atoms with Crippen LogP contribution in [0.25, 0.3) is 0 Å². The van der Waals surface area contributed by atoms with Crippen molar-refractivity contribution in [2.45, 2.75) is 68.5 Å². The standard InChI is InChI=1S/C23H29Cl2N3O3S/c1-26-13-5-8-20(26)15-27(18-10-11-18)23(29)16-28(19-6-3-2-4-7-19)32(30,31)22-14-17(24)9-12-21(22)25/h5,8-9,12-14,18-19H,2-4,6-7,10-11,15-16H2,1H3. The third-order valence-corrected chi connectivity index (χ3v) is 9.06. The van der Waals surface area contributed by atoms with Crippen LogP contribution in [0.2, 0.25) is 10.0 Å². The van der Waals surface area contributed by atoms with Crippen LogP contribution in [0.15, 0.2) is 41.4 Å². The highest BCUT2D eigenvalue weighted by Crippen LogP contribution is 2.34. The van der Waals surface area contributed by atoms with Gasteiger partial charge in [0.05, 0.1) is 18.1 Å². The lowest BCUT2D eigenvalue weighted by Gasteiger charge is -2.35. The number of rotatable bonds is 8. The van der Waals surface area contributed by atoms with Crippen molar-refractivity contribution in [3.8, 4) is 0 Å². The molecule has 174 valence electrons. The van der Waals surface area contributed by atoms with Crippen LogP contribution in [0.5, 0.6) is 0 Å². The van der Waals surface area contributed by atoms with E-state index in [1.165, 1.54) is 16.4 Å². The third kappa shape index (κ3) is 5.16. The molecular weight excluding hydrogens is 469 g/mol. The van der Waals surface area contributed by atoms with Gasteiger partial charge in [0.25, 0.3) is 0 Å². The number of amides is 1. The summed E-state index contributed by atoms with van der Waals surface area (Å²) in [6.45, 7) is 0.292. The number of hydrogen-bond donors (Lipinski definition) is 0. The van der Waals surface area contributed by atoms with Gasteiger partial charge in [-0.15, -0.1) is 0 Å². The van der Waals surface area contributed by atoms with Crippen LogP contribution < -0.4 is 0 Å². The summed E-state index contributed by atoms with van der Waals surface area (Å²) >= 11 is 12.4. The maximum absolute atomic E-state index is 13.7. The molecule has 0 radical (unpaired) electrons. The van der Waals surface area contributed by atoms with Gasteiger partial charge in [-0.3, -0.25) is 4.79 Å². The topological polar surface area (TPSA) is 62.6 Å². The molecule has 2 aliphatic carbocycles. The van der Waals surface area contributed by atoms with Crippen LogP contribution in [-0.2, 0) is 28.4 Å². The molecule has 9 heteroatoms. The van der Waals surface area contributed by atoms with E-state index in [2.05, 4.69) is 0 Å². The fourth-order valence-corrected chi connectivity index (χ4v) is 6.82. The molecule has 0 atom stereocenters. The van der Waals surface area contributed by atoms with E-state index >= 15 is 0 Å². The quantitative estimate of drug-likeness (QED) is 0.523. The Morgan fingerprint density at radius 3 is 2.41 bits per heavy atom. The normalized spacial score (nSPS) is 17.6. The molecular formula is C23H29Cl2N3O3S. The van der Waals surface area contributed by atoms with Crippen molar-refractivity contribution in [1.29, 1.82) is 0 Å². The summed E-state index contributed by atoms with van der Waals surface area (Å²) < 4.78 is 30.8. The van der Waals surface area contributed by atoms with E-state index in [9.17, 15) is 13.2 Å². The summed E-state index contributed by atoms with van der Waals surface area (Å²) in [6, 6.07) is 8.32. The number of nitrogens with zero attached hydrogens (tertiary/aromatic N) is 3. The molecule has 0 N–H and O–H groups in total. The second-order valence-electron chi connectivity index (χ2n) is 8.78. The van der Waals surface area contributed by atoms with E-state index in [-0.39, 0.29) is 34.5 Å². The van der Waals surface area contributed by atoms with Gasteiger partial charge < -0.3 is 9.47 Å². The first-order valence-corrected chi connectivity index (χ1v) is 13.3. The van der Waals surface area contributed by atoms with Crippen molar-refractivity contribution >= 4 is 39.1 Å². The van der Waals surface area contributed by atoms with E-state index in [1.54, 1.807) is 6.07 Å². The second kappa shape index (κ2) is 9.75. The number of hydrogen-bond acceptors (Lipinski definition) is 3. The predicted molar refractivity (Wildman–Crippen MR) is 126 cm³/mol. The minimum atomic E-state index is -3.99. The Bertz CT molecular complexity index is 1080. The van der Waals surface area contributed by atoms with Crippen molar-refractivity contribution in [3.05, 3.63) is 52.3 Å². The van der Waals surface area contributed by atoms with Gasteiger partial charge >= 0.3 is 0 Å². The molecule has 2 fully saturated rings. The molecule has 0 saturated heterocycles. The smallest absolute Gasteiger partial charge is 0.245 e.